The fraction of sp³-hybridized carbons (Fsp3) is 0.267. The van der Waals surface area contributed by atoms with Crippen molar-refractivity contribution in [2.24, 2.45) is 0 Å². The average Bonchev–Trinajstić information content (AvgIpc) is 2.76. The lowest BCUT2D eigenvalue weighted by Gasteiger charge is -2.09. The molecule has 0 aliphatic rings. The van der Waals surface area contributed by atoms with E-state index in [0.717, 1.165) is 27.3 Å². The molecule has 0 aliphatic heterocycles. The average molecular weight is 285 g/mol. The van der Waals surface area contributed by atoms with E-state index in [2.05, 4.69) is 21.9 Å². The van der Waals surface area contributed by atoms with Gasteiger partial charge >= 0.3 is 0 Å². The summed E-state index contributed by atoms with van der Waals surface area (Å²) in [6, 6.07) is 5.68. The molecule has 1 aromatic carbocycles. The SMILES string of the molecule is Cc1nc(CC(O)c2ccc3nccnc3c2)sc1C. The first kappa shape index (κ1) is 13.1. The molecule has 0 aliphatic carbocycles. The van der Waals surface area contributed by atoms with Crippen LogP contribution in [-0.2, 0) is 6.42 Å². The minimum absolute atomic E-state index is 0.533. The van der Waals surface area contributed by atoms with Crippen molar-refractivity contribution in [1.82, 2.24) is 15.0 Å². The maximum absolute atomic E-state index is 10.4. The first-order valence-electron chi connectivity index (χ1n) is 6.45. The summed E-state index contributed by atoms with van der Waals surface area (Å²) in [5, 5.41) is 11.3. The monoisotopic (exact) mass is 285 g/mol. The molecule has 2 aromatic heterocycles. The van der Waals surface area contributed by atoms with Gasteiger partial charge in [-0.25, -0.2) is 4.98 Å². The van der Waals surface area contributed by atoms with Crippen LogP contribution in [0.1, 0.15) is 27.2 Å². The Morgan fingerprint density at radius 3 is 2.60 bits per heavy atom. The first-order valence-corrected chi connectivity index (χ1v) is 7.27. The summed E-state index contributed by atoms with van der Waals surface area (Å²) < 4.78 is 0. The maximum atomic E-state index is 10.4. The van der Waals surface area contributed by atoms with Gasteiger partial charge in [0, 0.05) is 23.7 Å². The zero-order valence-electron chi connectivity index (χ0n) is 11.4. The normalized spacial score (nSPS) is 12.8. The number of thiazole rings is 1. The summed E-state index contributed by atoms with van der Waals surface area (Å²) in [6.07, 6.45) is 3.29. The minimum Gasteiger partial charge on any atom is -0.388 e. The fourth-order valence-electron chi connectivity index (χ4n) is 2.10. The van der Waals surface area contributed by atoms with E-state index in [1.165, 1.54) is 4.88 Å². The first-order chi connectivity index (χ1) is 9.63. The third-order valence-electron chi connectivity index (χ3n) is 3.32. The summed E-state index contributed by atoms with van der Waals surface area (Å²) in [5.74, 6) is 0. The number of hydrogen-bond acceptors (Lipinski definition) is 5. The molecule has 0 saturated heterocycles. The Morgan fingerprint density at radius 1 is 1.15 bits per heavy atom. The molecule has 0 fully saturated rings. The smallest absolute Gasteiger partial charge is 0.0960 e. The summed E-state index contributed by atoms with van der Waals surface area (Å²) in [4.78, 5) is 14.2. The highest BCUT2D eigenvalue weighted by atomic mass is 32.1. The Hall–Kier alpha value is -1.85. The number of hydrogen-bond donors (Lipinski definition) is 1. The van der Waals surface area contributed by atoms with Crippen LogP contribution in [0.2, 0.25) is 0 Å². The Morgan fingerprint density at radius 2 is 1.90 bits per heavy atom. The van der Waals surface area contributed by atoms with Crippen molar-refractivity contribution in [2.75, 3.05) is 0 Å². The van der Waals surface area contributed by atoms with Crippen LogP contribution in [-0.4, -0.2) is 20.1 Å². The Bertz CT molecular complexity index is 734. The van der Waals surface area contributed by atoms with Gasteiger partial charge in [0.2, 0.25) is 0 Å². The van der Waals surface area contributed by atoms with E-state index in [4.69, 9.17) is 0 Å². The zero-order valence-corrected chi connectivity index (χ0v) is 12.2. The van der Waals surface area contributed by atoms with E-state index >= 15 is 0 Å². The third kappa shape index (κ3) is 2.55. The van der Waals surface area contributed by atoms with E-state index in [9.17, 15) is 5.11 Å². The number of nitrogens with zero attached hydrogens (tertiary/aromatic N) is 3. The highest BCUT2D eigenvalue weighted by molar-refractivity contribution is 7.11. The van der Waals surface area contributed by atoms with Crippen LogP contribution in [0.3, 0.4) is 0 Å². The van der Waals surface area contributed by atoms with Gasteiger partial charge in [-0.15, -0.1) is 11.3 Å². The van der Waals surface area contributed by atoms with Crippen molar-refractivity contribution in [3.63, 3.8) is 0 Å². The van der Waals surface area contributed by atoms with Crippen molar-refractivity contribution in [3.8, 4) is 0 Å². The molecular formula is C15H15N3OS. The van der Waals surface area contributed by atoms with E-state index in [1.807, 2.05) is 25.1 Å². The van der Waals surface area contributed by atoms with Crippen LogP contribution in [0.15, 0.2) is 30.6 Å². The van der Waals surface area contributed by atoms with Crippen molar-refractivity contribution in [3.05, 3.63) is 51.7 Å². The lowest BCUT2D eigenvalue weighted by atomic mass is 10.1. The van der Waals surface area contributed by atoms with Gasteiger partial charge in [-0.3, -0.25) is 9.97 Å². The molecule has 1 atom stereocenters. The van der Waals surface area contributed by atoms with Crippen LogP contribution in [0.5, 0.6) is 0 Å². The number of rotatable bonds is 3. The molecule has 0 radical (unpaired) electrons. The van der Waals surface area contributed by atoms with Crippen molar-refractivity contribution in [2.45, 2.75) is 26.4 Å². The molecule has 0 saturated carbocycles. The van der Waals surface area contributed by atoms with Crippen LogP contribution in [0.4, 0.5) is 0 Å². The minimum atomic E-state index is -0.564. The fourth-order valence-corrected chi connectivity index (χ4v) is 3.07. The van der Waals surface area contributed by atoms with E-state index in [1.54, 1.807) is 23.7 Å². The number of aliphatic hydroxyl groups is 1. The summed E-state index contributed by atoms with van der Waals surface area (Å²) >= 11 is 1.64. The second kappa shape index (κ2) is 5.26. The summed E-state index contributed by atoms with van der Waals surface area (Å²) in [6.45, 7) is 4.04. The second-order valence-electron chi connectivity index (χ2n) is 4.77. The lowest BCUT2D eigenvalue weighted by molar-refractivity contribution is 0.178. The molecule has 102 valence electrons. The molecule has 1 unspecified atom stereocenters. The molecule has 4 nitrogen and oxygen atoms in total. The van der Waals surface area contributed by atoms with Gasteiger partial charge in [-0.05, 0) is 31.5 Å². The summed E-state index contributed by atoms with van der Waals surface area (Å²) in [7, 11) is 0. The van der Waals surface area contributed by atoms with Crippen LogP contribution >= 0.6 is 11.3 Å². The van der Waals surface area contributed by atoms with Crippen LogP contribution < -0.4 is 0 Å². The predicted molar refractivity (Wildman–Crippen MR) is 79.8 cm³/mol. The number of aryl methyl sites for hydroxylation is 2. The lowest BCUT2D eigenvalue weighted by Crippen LogP contribution is -2.02. The number of aliphatic hydroxyl groups excluding tert-OH is 1. The highest BCUT2D eigenvalue weighted by Crippen LogP contribution is 2.24. The predicted octanol–water partition coefficient (Wildman–Crippen LogP) is 2.98. The molecule has 0 amide bonds. The van der Waals surface area contributed by atoms with Crippen LogP contribution in [0.25, 0.3) is 11.0 Å². The van der Waals surface area contributed by atoms with Crippen molar-refractivity contribution < 1.29 is 5.11 Å². The molecule has 3 rings (SSSR count). The van der Waals surface area contributed by atoms with Gasteiger partial charge in [0.1, 0.15) is 0 Å². The van der Waals surface area contributed by atoms with Gasteiger partial charge < -0.3 is 5.11 Å². The van der Waals surface area contributed by atoms with Gasteiger partial charge in [-0.2, -0.15) is 0 Å². The molecular weight excluding hydrogens is 270 g/mol. The van der Waals surface area contributed by atoms with Gasteiger partial charge in [-0.1, -0.05) is 6.07 Å². The Balaban J connectivity index is 1.86. The van der Waals surface area contributed by atoms with E-state index in [0.29, 0.717) is 6.42 Å². The molecule has 2 heterocycles. The van der Waals surface area contributed by atoms with Gasteiger partial charge in [0.15, 0.2) is 0 Å². The third-order valence-corrected chi connectivity index (χ3v) is 4.41. The Labute approximate surface area is 121 Å². The van der Waals surface area contributed by atoms with E-state index in [-0.39, 0.29) is 0 Å². The van der Waals surface area contributed by atoms with E-state index < -0.39 is 6.10 Å². The topological polar surface area (TPSA) is 58.9 Å². The molecule has 1 N–H and O–H groups in total. The standard InChI is InChI=1S/C15H15N3OS/c1-9-10(2)20-15(18-9)8-14(19)11-3-4-12-13(7-11)17-6-5-16-12/h3-7,14,19H,8H2,1-2H3. The van der Waals surface area contributed by atoms with Crippen molar-refractivity contribution >= 4 is 22.4 Å². The quantitative estimate of drug-likeness (QED) is 0.803. The highest BCUT2D eigenvalue weighted by Gasteiger charge is 2.13. The number of aromatic nitrogens is 3. The molecule has 0 spiro atoms. The number of benzene rings is 1. The Kier molecular flexibility index (Phi) is 3.46. The zero-order chi connectivity index (χ0) is 14.1. The summed E-state index contributed by atoms with van der Waals surface area (Å²) in [5.41, 5.74) is 3.53. The molecule has 3 aromatic rings. The second-order valence-corrected chi connectivity index (χ2v) is 6.06. The molecule has 5 heteroatoms. The van der Waals surface area contributed by atoms with Gasteiger partial charge in [0.25, 0.3) is 0 Å². The molecule has 0 bridgehead atoms. The van der Waals surface area contributed by atoms with Crippen LogP contribution in [0, 0.1) is 13.8 Å². The maximum Gasteiger partial charge on any atom is 0.0960 e. The van der Waals surface area contributed by atoms with Gasteiger partial charge in [0.05, 0.1) is 27.8 Å². The number of fused-ring (bicyclic) bond motifs is 1. The largest absolute Gasteiger partial charge is 0.388 e. The molecule has 20 heavy (non-hydrogen) atoms. The van der Waals surface area contributed by atoms with Crippen molar-refractivity contribution in [1.29, 1.82) is 0 Å².